The summed E-state index contributed by atoms with van der Waals surface area (Å²) in [5, 5.41) is 13.9. The molecule has 0 aromatic heterocycles. The van der Waals surface area contributed by atoms with Gasteiger partial charge in [-0.15, -0.1) is 0 Å². The predicted molar refractivity (Wildman–Crippen MR) is 127 cm³/mol. The molecule has 1 N–H and O–H groups in total. The SMILES string of the molecule is CCCNC(=O)[C@H]1COC2(CCN(C(=O)c3cccc([N+](=O)[O-])c3)CC2)N1C(=O)c1ccccc1. The van der Waals surface area contributed by atoms with Crippen molar-refractivity contribution in [1.82, 2.24) is 15.1 Å². The molecule has 2 aromatic rings. The minimum absolute atomic E-state index is 0.0763. The second-order valence-corrected chi connectivity index (χ2v) is 8.70. The highest BCUT2D eigenvalue weighted by Crippen LogP contribution is 2.39. The normalized spacial score (nSPS) is 18.9. The average molecular weight is 481 g/mol. The lowest BCUT2D eigenvalue weighted by molar-refractivity contribution is -0.384. The number of nitro benzene ring substituents is 1. The van der Waals surface area contributed by atoms with Gasteiger partial charge in [0, 0.05) is 55.7 Å². The maximum atomic E-state index is 13.6. The average Bonchev–Trinajstić information content (AvgIpc) is 3.25. The van der Waals surface area contributed by atoms with Crippen molar-refractivity contribution in [3.8, 4) is 0 Å². The number of piperidine rings is 1. The van der Waals surface area contributed by atoms with E-state index in [9.17, 15) is 24.5 Å². The number of nitrogens with one attached hydrogen (secondary N) is 1. The number of likely N-dealkylation sites (tertiary alicyclic amines) is 1. The molecule has 4 rings (SSSR count). The summed E-state index contributed by atoms with van der Waals surface area (Å²) >= 11 is 0. The Bertz CT molecular complexity index is 1110. The Kier molecular flexibility index (Phi) is 7.11. The van der Waals surface area contributed by atoms with Gasteiger partial charge in [-0.2, -0.15) is 0 Å². The van der Waals surface area contributed by atoms with Gasteiger partial charge in [-0.05, 0) is 24.6 Å². The van der Waals surface area contributed by atoms with Crippen LogP contribution in [0.2, 0.25) is 0 Å². The van der Waals surface area contributed by atoms with Crippen molar-refractivity contribution in [2.45, 2.75) is 38.0 Å². The van der Waals surface area contributed by atoms with Crippen LogP contribution in [0.4, 0.5) is 5.69 Å². The van der Waals surface area contributed by atoms with Crippen molar-refractivity contribution in [2.24, 2.45) is 0 Å². The van der Waals surface area contributed by atoms with Gasteiger partial charge in [0.05, 0.1) is 11.5 Å². The first-order chi connectivity index (χ1) is 16.9. The fraction of sp³-hybridized carbons (Fsp3) is 0.400. The minimum atomic E-state index is -1.01. The standard InChI is InChI=1S/C25H28N4O6/c1-2-13-26-22(30)21-17-35-25(28(21)24(32)18-7-4-3-5-8-18)11-14-27(15-12-25)23(31)19-9-6-10-20(16-19)29(33)34/h3-10,16,21H,2,11-15,17H2,1H3,(H,26,30)/t21-/m1/s1. The van der Waals surface area contributed by atoms with E-state index in [2.05, 4.69) is 5.32 Å². The first-order valence-electron chi connectivity index (χ1n) is 11.7. The summed E-state index contributed by atoms with van der Waals surface area (Å²) in [7, 11) is 0. The molecule has 0 unspecified atom stereocenters. The molecule has 2 heterocycles. The van der Waals surface area contributed by atoms with Gasteiger partial charge >= 0.3 is 0 Å². The number of non-ortho nitro benzene ring substituents is 1. The Balaban J connectivity index is 1.55. The quantitative estimate of drug-likeness (QED) is 0.501. The second kappa shape index (κ2) is 10.2. The molecule has 2 aliphatic rings. The summed E-state index contributed by atoms with van der Waals surface area (Å²) in [6, 6.07) is 13.6. The van der Waals surface area contributed by atoms with Crippen molar-refractivity contribution < 1.29 is 24.0 Å². The summed E-state index contributed by atoms with van der Waals surface area (Å²) < 4.78 is 6.15. The van der Waals surface area contributed by atoms with Crippen molar-refractivity contribution in [2.75, 3.05) is 26.2 Å². The lowest BCUT2D eigenvalue weighted by atomic mass is 9.96. The van der Waals surface area contributed by atoms with Crippen molar-refractivity contribution >= 4 is 23.4 Å². The highest BCUT2D eigenvalue weighted by atomic mass is 16.6. The number of ether oxygens (including phenoxy) is 1. The zero-order chi connectivity index (χ0) is 25.0. The van der Waals surface area contributed by atoms with Gasteiger partial charge < -0.3 is 15.0 Å². The molecule has 10 nitrogen and oxygen atoms in total. The van der Waals surface area contributed by atoms with E-state index in [0.717, 1.165) is 6.42 Å². The summed E-state index contributed by atoms with van der Waals surface area (Å²) in [6.45, 7) is 3.09. The van der Waals surface area contributed by atoms with Crippen LogP contribution in [0.1, 0.15) is 46.9 Å². The van der Waals surface area contributed by atoms with Gasteiger partial charge in [-0.1, -0.05) is 31.2 Å². The molecular weight excluding hydrogens is 452 g/mol. The van der Waals surface area contributed by atoms with E-state index in [4.69, 9.17) is 4.74 Å². The van der Waals surface area contributed by atoms with E-state index in [0.29, 0.717) is 24.9 Å². The van der Waals surface area contributed by atoms with Gasteiger partial charge in [-0.25, -0.2) is 0 Å². The highest BCUT2D eigenvalue weighted by molar-refractivity contribution is 5.98. The Hall–Kier alpha value is -3.79. The van der Waals surface area contributed by atoms with Gasteiger partial charge in [-0.3, -0.25) is 29.4 Å². The van der Waals surface area contributed by atoms with Crippen LogP contribution in [0.25, 0.3) is 0 Å². The van der Waals surface area contributed by atoms with E-state index in [1.807, 2.05) is 13.0 Å². The van der Waals surface area contributed by atoms with Gasteiger partial charge in [0.25, 0.3) is 17.5 Å². The number of rotatable bonds is 6. The maximum absolute atomic E-state index is 13.6. The largest absolute Gasteiger partial charge is 0.354 e. The number of carbonyl (C=O) groups excluding carboxylic acids is 3. The van der Waals surface area contributed by atoms with Crippen LogP contribution in [0.5, 0.6) is 0 Å². The number of benzene rings is 2. The second-order valence-electron chi connectivity index (χ2n) is 8.70. The van der Waals surface area contributed by atoms with E-state index < -0.39 is 16.7 Å². The van der Waals surface area contributed by atoms with Gasteiger partial charge in [0.15, 0.2) is 0 Å². The van der Waals surface area contributed by atoms with Crippen molar-refractivity contribution in [1.29, 1.82) is 0 Å². The first-order valence-corrected chi connectivity index (χ1v) is 11.7. The summed E-state index contributed by atoms with van der Waals surface area (Å²) in [5.74, 6) is -0.874. The van der Waals surface area contributed by atoms with Crippen LogP contribution in [0.3, 0.4) is 0 Å². The number of hydrogen-bond acceptors (Lipinski definition) is 6. The molecule has 35 heavy (non-hydrogen) atoms. The van der Waals surface area contributed by atoms with Crippen molar-refractivity contribution in [3.63, 3.8) is 0 Å². The van der Waals surface area contributed by atoms with Crippen LogP contribution in [-0.2, 0) is 9.53 Å². The maximum Gasteiger partial charge on any atom is 0.270 e. The van der Waals surface area contributed by atoms with E-state index in [1.54, 1.807) is 40.1 Å². The molecule has 2 saturated heterocycles. The Morgan fingerprint density at radius 3 is 2.40 bits per heavy atom. The van der Waals surface area contributed by atoms with Crippen LogP contribution in [0, 0.1) is 10.1 Å². The number of amides is 3. The molecule has 1 atom stereocenters. The number of carbonyl (C=O) groups is 3. The van der Waals surface area contributed by atoms with Crippen LogP contribution in [0.15, 0.2) is 54.6 Å². The molecule has 0 radical (unpaired) electrons. The van der Waals surface area contributed by atoms with Gasteiger partial charge in [0.2, 0.25) is 5.91 Å². The van der Waals surface area contributed by atoms with Crippen LogP contribution < -0.4 is 5.32 Å². The molecule has 2 fully saturated rings. The number of nitro groups is 1. The molecular formula is C25H28N4O6. The van der Waals surface area contributed by atoms with E-state index in [1.165, 1.54) is 18.2 Å². The molecule has 10 heteroatoms. The number of nitrogens with zero attached hydrogens (tertiary/aromatic N) is 3. The zero-order valence-corrected chi connectivity index (χ0v) is 19.5. The fourth-order valence-electron chi connectivity index (χ4n) is 4.65. The van der Waals surface area contributed by atoms with Crippen molar-refractivity contribution in [3.05, 3.63) is 75.8 Å². The van der Waals surface area contributed by atoms with E-state index in [-0.39, 0.29) is 48.7 Å². The molecule has 0 saturated carbocycles. The third-order valence-electron chi connectivity index (χ3n) is 6.49. The van der Waals surface area contributed by atoms with Gasteiger partial charge in [0.1, 0.15) is 11.8 Å². The molecule has 184 valence electrons. The fourth-order valence-corrected chi connectivity index (χ4v) is 4.65. The first kappa shape index (κ1) is 24.3. The molecule has 0 bridgehead atoms. The summed E-state index contributed by atoms with van der Waals surface area (Å²) in [4.78, 5) is 53.2. The monoisotopic (exact) mass is 480 g/mol. The lowest BCUT2D eigenvalue weighted by Crippen LogP contribution is -2.59. The summed E-state index contributed by atoms with van der Waals surface area (Å²) in [6.07, 6.45) is 1.42. The third kappa shape index (κ3) is 4.88. The smallest absolute Gasteiger partial charge is 0.270 e. The topological polar surface area (TPSA) is 122 Å². The van der Waals surface area contributed by atoms with Crippen LogP contribution in [-0.4, -0.2) is 70.5 Å². The Labute approximate surface area is 203 Å². The lowest BCUT2D eigenvalue weighted by Gasteiger charge is -2.44. The van der Waals surface area contributed by atoms with Crippen LogP contribution >= 0.6 is 0 Å². The minimum Gasteiger partial charge on any atom is -0.354 e. The molecule has 3 amide bonds. The predicted octanol–water partition coefficient (Wildman–Crippen LogP) is 2.59. The summed E-state index contributed by atoms with van der Waals surface area (Å²) in [5.41, 5.74) is -0.470. The molecule has 2 aromatic carbocycles. The molecule has 0 aliphatic carbocycles. The molecule has 1 spiro atoms. The highest BCUT2D eigenvalue weighted by Gasteiger charge is 2.54. The Morgan fingerprint density at radius 1 is 1.06 bits per heavy atom. The van der Waals surface area contributed by atoms with E-state index >= 15 is 0 Å². The molecule has 2 aliphatic heterocycles. The third-order valence-corrected chi connectivity index (χ3v) is 6.49. The zero-order valence-electron chi connectivity index (χ0n) is 19.5. The number of hydrogen-bond donors (Lipinski definition) is 1. The Morgan fingerprint density at radius 2 is 1.74 bits per heavy atom.